The second-order valence-corrected chi connectivity index (χ2v) is 8.78. The van der Waals surface area contributed by atoms with Crippen molar-refractivity contribution >= 4 is 40.2 Å². The maximum absolute atomic E-state index is 13.7. The fraction of sp³-hybridized carbons (Fsp3) is 0.154. The zero-order valence-corrected chi connectivity index (χ0v) is 19.6. The van der Waals surface area contributed by atoms with Gasteiger partial charge in [0.15, 0.2) is 12.0 Å². The quantitative estimate of drug-likeness (QED) is 0.451. The van der Waals surface area contributed by atoms with Crippen LogP contribution >= 0.6 is 11.6 Å². The van der Waals surface area contributed by atoms with Crippen LogP contribution in [0, 0.1) is 13.8 Å². The topological polar surface area (TPSA) is 116 Å². The molecule has 1 atom stereocenters. The Morgan fingerprint density at radius 1 is 1.11 bits per heavy atom. The molecule has 2 amide bonds. The van der Waals surface area contributed by atoms with Crippen LogP contribution < -0.4 is 20.8 Å². The van der Waals surface area contributed by atoms with E-state index in [1.165, 1.54) is 11.1 Å². The fourth-order valence-corrected chi connectivity index (χ4v) is 4.30. The molecule has 2 N–H and O–H groups in total. The molecule has 0 spiro atoms. The molecule has 3 heterocycles. The highest BCUT2D eigenvalue weighted by molar-refractivity contribution is 6.30. The van der Waals surface area contributed by atoms with E-state index >= 15 is 0 Å². The van der Waals surface area contributed by atoms with E-state index in [0.29, 0.717) is 33.1 Å². The Kier molecular flexibility index (Phi) is 5.53. The molecule has 35 heavy (non-hydrogen) atoms. The predicted molar refractivity (Wildman–Crippen MR) is 131 cm³/mol. The SMILES string of the molecule is Cc1cc2oc3c(c(=O)c2cc1C)C(c1ccc(OCC(N)=O)cc1)N(c1ccc(Cl)cn1)C3=O. The largest absolute Gasteiger partial charge is 0.484 e. The molecule has 5 rings (SSSR count). The number of ether oxygens (including phenoxy) is 1. The minimum Gasteiger partial charge on any atom is -0.484 e. The molecule has 1 unspecified atom stereocenters. The summed E-state index contributed by atoms with van der Waals surface area (Å²) in [5, 5.41) is 0.813. The fourth-order valence-electron chi connectivity index (χ4n) is 4.19. The molecule has 0 fully saturated rings. The summed E-state index contributed by atoms with van der Waals surface area (Å²) in [6, 6.07) is 12.7. The Bertz CT molecular complexity index is 1550. The number of pyridine rings is 1. The van der Waals surface area contributed by atoms with Crippen LogP contribution in [0.4, 0.5) is 5.82 Å². The maximum atomic E-state index is 13.7. The molecule has 9 heteroatoms. The van der Waals surface area contributed by atoms with Crippen LogP contribution in [0.2, 0.25) is 5.02 Å². The number of halogens is 1. The van der Waals surface area contributed by atoms with Gasteiger partial charge in [-0.2, -0.15) is 0 Å². The number of hydrogen-bond donors (Lipinski definition) is 1. The van der Waals surface area contributed by atoms with E-state index in [-0.39, 0.29) is 23.4 Å². The lowest BCUT2D eigenvalue weighted by molar-refractivity contribution is -0.119. The summed E-state index contributed by atoms with van der Waals surface area (Å²) in [6.45, 7) is 3.57. The Balaban J connectivity index is 1.70. The predicted octanol–water partition coefficient (Wildman–Crippen LogP) is 4.07. The van der Waals surface area contributed by atoms with Gasteiger partial charge in [0.25, 0.3) is 11.8 Å². The van der Waals surface area contributed by atoms with Gasteiger partial charge in [-0.3, -0.25) is 19.3 Å². The van der Waals surface area contributed by atoms with Gasteiger partial charge in [0.05, 0.1) is 22.0 Å². The van der Waals surface area contributed by atoms with Crippen LogP contribution in [0.25, 0.3) is 11.0 Å². The lowest BCUT2D eigenvalue weighted by Gasteiger charge is -2.24. The number of nitrogens with two attached hydrogens (primary N) is 1. The second-order valence-electron chi connectivity index (χ2n) is 8.34. The van der Waals surface area contributed by atoms with Gasteiger partial charge in [0.1, 0.15) is 17.2 Å². The Morgan fingerprint density at radius 3 is 2.49 bits per heavy atom. The van der Waals surface area contributed by atoms with Gasteiger partial charge < -0.3 is 14.9 Å². The number of anilines is 1. The van der Waals surface area contributed by atoms with Crippen molar-refractivity contribution < 1.29 is 18.7 Å². The number of carbonyl (C=O) groups is 2. The Labute approximate surface area is 204 Å². The van der Waals surface area contributed by atoms with Crippen molar-refractivity contribution in [1.82, 2.24) is 4.98 Å². The van der Waals surface area contributed by atoms with Crippen molar-refractivity contribution in [2.75, 3.05) is 11.5 Å². The summed E-state index contributed by atoms with van der Waals surface area (Å²) in [4.78, 5) is 44.1. The summed E-state index contributed by atoms with van der Waals surface area (Å²) in [7, 11) is 0. The molecule has 0 bridgehead atoms. The molecule has 0 aliphatic carbocycles. The van der Waals surface area contributed by atoms with Crippen molar-refractivity contribution in [3.8, 4) is 5.75 Å². The third-order valence-electron chi connectivity index (χ3n) is 6.02. The van der Waals surface area contributed by atoms with Crippen molar-refractivity contribution in [1.29, 1.82) is 0 Å². The van der Waals surface area contributed by atoms with Gasteiger partial charge >= 0.3 is 0 Å². The van der Waals surface area contributed by atoms with Crippen LogP contribution in [0.15, 0.2) is 63.9 Å². The number of rotatable bonds is 5. The number of primary amides is 1. The van der Waals surface area contributed by atoms with Crippen LogP contribution in [0.5, 0.6) is 5.75 Å². The number of hydrogen-bond acceptors (Lipinski definition) is 6. The summed E-state index contributed by atoms with van der Waals surface area (Å²) < 4.78 is 11.4. The number of nitrogens with zero attached hydrogens (tertiary/aromatic N) is 2. The molecule has 1 aliphatic heterocycles. The van der Waals surface area contributed by atoms with Crippen LogP contribution in [-0.2, 0) is 4.79 Å². The maximum Gasteiger partial charge on any atom is 0.296 e. The molecule has 2 aromatic carbocycles. The molecule has 4 aromatic rings. The minimum atomic E-state index is -0.793. The lowest BCUT2D eigenvalue weighted by Crippen LogP contribution is -2.30. The average molecular weight is 490 g/mol. The molecular weight excluding hydrogens is 470 g/mol. The van der Waals surface area contributed by atoms with Gasteiger partial charge in [0, 0.05) is 6.20 Å². The number of fused-ring (bicyclic) bond motifs is 2. The summed E-state index contributed by atoms with van der Waals surface area (Å²) >= 11 is 6.01. The highest BCUT2D eigenvalue weighted by Gasteiger charge is 2.44. The lowest BCUT2D eigenvalue weighted by atomic mass is 9.97. The highest BCUT2D eigenvalue weighted by atomic mass is 35.5. The van der Waals surface area contributed by atoms with E-state index in [0.717, 1.165) is 11.1 Å². The molecule has 0 radical (unpaired) electrons. The van der Waals surface area contributed by atoms with E-state index < -0.39 is 17.9 Å². The van der Waals surface area contributed by atoms with Gasteiger partial charge in [0.2, 0.25) is 5.76 Å². The summed E-state index contributed by atoms with van der Waals surface area (Å²) in [5.74, 6) is -0.363. The highest BCUT2D eigenvalue weighted by Crippen LogP contribution is 2.41. The van der Waals surface area contributed by atoms with Gasteiger partial charge in [-0.1, -0.05) is 23.7 Å². The van der Waals surface area contributed by atoms with E-state index in [1.807, 2.05) is 13.8 Å². The minimum absolute atomic E-state index is 0.0263. The normalized spacial score (nSPS) is 14.9. The summed E-state index contributed by atoms with van der Waals surface area (Å²) in [6.07, 6.45) is 1.43. The third kappa shape index (κ3) is 3.91. The van der Waals surface area contributed by atoms with Crippen molar-refractivity contribution in [3.63, 3.8) is 0 Å². The molecule has 0 saturated carbocycles. The molecule has 0 saturated heterocycles. The summed E-state index contributed by atoms with van der Waals surface area (Å²) in [5.41, 5.74) is 7.97. The number of aryl methyl sites for hydroxylation is 2. The van der Waals surface area contributed by atoms with Crippen LogP contribution in [0.1, 0.15) is 38.9 Å². The Hall–Kier alpha value is -4.17. The van der Waals surface area contributed by atoms with E-state index in [9.17, 15) is 14.4 Å². The molecular formula is C26H20ClN3O5. The smallest absolute Gasteiger partial charge is 0.296 e. The van der Waals surface area contributed by atoms with Crippen molar-refractivity contribution in [3.05, 3.63) is 98.0 Å². The van der Waals surface area contributed by atoms with Crippen LogP contribution in [-0.4, -0.2) is 23.4 Å². The number of carbonyl (C=O) groups excluding carboxylic acids is 2. The zero-order chi connectivity index (χ0) is 24.9. The van der Waals surface area contributed by atoms with Gasteiger partial charge in [-0.25, -0.2) is 4.98 Å². The molecule has 176 valence electrons. The van der Waals surface area contributed by atoms with E-state index in [1.54, 1.807) is 48.5 Å². The third-order valence-corrected chi connectivity index (χ3v) is 6.25. The first-order chi connectivity index (χ1) is 16.7. The van der Waals surface area contributed by atoms with Crippen molar-refractivity contribution in [2.24, 2.45) is 5.73 Å². The molecule has 2 aromatic heterocycles. The molecule has 1 aliphatic rings. The zero-order valence-electron chi connectivity index (χ0n) is 18.9. The first-order valence-electron chi connectivity index (χ1n) is 10.8. The van der Waals surface area contributed by atoms with Gasteiger partial charge in [-0.15, -0.1) is 0 Å². The average Bonchev–Trinajstić information content (AvgIpc) is 3.12. The van der Waals surface area contributed by atoms with Gasteiger partial charge in [-0.05, 0) is 66.9 Å². The first-order valence-corrected chi connectivity index (χ1v) is 11.2. The monoisotopic (exact) mass is 489 g/mol. The van der Waals surface area contributed by atoms with Crippen molar-refractivity contribution in [2.45, 2.75) is 19.9 Å². The standard InChI is InChI=1S/C26H20ClN3O5/c1-13-9-18-19(10-14(13)2)35-25-22(24(18)32)23(15-3-6-17(7-4-15)34-12-20(28)31)30(26(25)33)21-8-5-16(27)11-29-21/h3-11,23H,12H2,1-2H3,(H2,28,31). The number of aromatic nitrogens is 1. The molecule has 8 nitrogen and oxygen atoms in total. The van der Waals surface area contributed by atoms with Crippen LogP contribution in [0.3, 0.4) is 0 Å². The van der Waals surface area contributed by atoms with E-state index in [2.05, 4.69) is 4.98 Å². The first kappa shape index (κ1) is 22.6. The van der Waals surface area contributed by atoms with E-state index in [4.69, 9.17) is 26.5 Å². The number of benzene rings is 2. The second kappa shape index (κ2) is 8.56. The number of amides is 2. The Morgan fingerprint density at radius 2 is 1.83 bits per heavy atom.